The molecule has 0 aliphatic carbocycles. The topological polar surface area (TPSA) is 89.0 Å². The van der Waals surface area contributed by atoms with Crippen molar-refractivity contribution in [2.75, 3.05) is 11.5 Å². The van der Waals surface area contributed by atoms with Gasteiger partial charge in [0.2, 0.25) is 0 Å². The molecule has 2 aliphatic rings. The van der Waals surface area contributed by atoms with E-state index < -0.39 is 17.7 Å². The van der Waals surface area contributed by atoms with E-state index in [0.29, 0.717) is 35.0 Å². The zero-order valence-corrected chi connectivity index (χ0v) is 19.2. The SMILES string of the molecule is C=CCOc1ccc(C2C(=C(O)c3ccc4c(c3)CC(C)O4)C(=O)C(=O)N2c2nccs2)cc1. The van der Waals surface area contributed by atoms with Crippen molar-refractivity contribution in [1.82, 2.24) is 4.98 Å². The van der Waals surface area contributed by atoms with Crippen LogP contribution in [0.3, 0.4) is 0 Å². The number of carbonyl (C=O) groups is 2. The predicted molar refractivity (Wildman–Crippen MR) is 129 cm³/mol. The Morgan fingerprint density at radius 1 is 1.29 bits per heavy atom. The monoisotopic (exact) mass is 474 g/mol. The molecular formula is C26H22N2O5S. The highest BCUT2D eigenvalue weighted by Gasteiger charge is 2.48. The van der Waals surface area contributed by atoms with Crippen LogP contribution in [0.2, 0.25) is 0 Å². The first kappa shape index (κ1) is 21.9. The second kappa shape index (κ2) is 8.79. The van der Waals surface area contributed by atoms with Crippen molar-refractivity contribution in [3.63, 3.8) is 0 Å². The molecular weight excluding hydrogens is 452 g/mol. The lowest BCUT2D eigenvalue weighted by molar-refractivity contribution is -0.132. The second-order valence-electron chi connectivity index (χ2n) is 8.11. The summed E-state index contributed by atoms with van der Waals surface area (Å²) in [6.45, 7) is 5.97. The summed E-state index contributed by atoms with van der Waals surface area (Å²) >= 11 is 1.25. The van der Waals surface area contributed by atoms with Crippen LogP contribution in [0.25, 0.3) is 5.76 Å². The highest BCUT2D eigenvalue weighted by molar-refractivity contribution is 7.14. The summed E-state index contributed by atoms with van der Waals surface area (Å²) in [6.07, 6.45) is 3.97. The first-order chi connectivity index (χ1) is 16.5. The lowest BCUT2D eigenvalue weighted by Crippen LogP contribution is -2.29. The Hall–Kier alpha value is -3.91. The van der Waals surface area contributed by atoms with Crippen molar-refractivity contribution in [3.05, 3.63) is 89.0 Å². The molecule has 1 amide bonds. The predicted octanol–water partition coefficient (Wildman–Crippen LogP) is 4.66. The van der Waals surface area contributed by atoms with E-state index in [4.69, 9.17) is 9.47 Å². The smallest absolute Gasteiger partial charge is 0.301 e. The summed E-state index contributed by atoms with van der Waals surface area (Å²) in [5.41, 5.74) is 2.09. The number of thiazole rings is 1. The third kappa shape index (κ3) is 3.76. The van der Waals surface area contributed by atoms with Gasteiger partial charge in [0.1, 0.15) is 30.0 Å². The Morgan fingerprint density at radius 2 is 2.09 bits per heavy atom. The molecule has 1 N–H and O–H groups in total. The average molecular weight is 475 g/mol. The maximum absolute atomic E-state index is 13.2. The number of nitrogens with zero attached hydrogens (tertiary/aromatic N) is 2. The largest absolute Gasteiger partial charge is 0.507 e. The number of amides is 1. The number of ether oxygens (including phenoxy) is 2. The fraction of sp³-hybridized carbons (Fsp3) is 0.192. The number of hydrogen-bond donors (Lipinski definition) is 1. The molecule has 2 unspecified atom stereocenters. The van der Waals surface area contributed by atoms with Crippen molar-refractivity contribution in [2.45, 2.75) is 25.5 Å². The molecule has 0 saturated carbocycles. The number of rotatable bonds is 6. The van der Waals surface area contributed by atoms with Crippen LogP contribution >= 0.6 is 11.3 Å². The maximum Gasteiger partial charge on any atom is 0.301 e. The van der Waals surface area contributed by atoms with Crippen molar-refractivity contribution in [1.29, 1.82) is 0 Å². The number of Topliss-reactive ketones (excluding diaryl/α,β-unsaturated/α-hetero) is 1. The maximum atomic E-state index is 13.2. The molecule has 0 spiro atoms. The van der Waals surface area contributed by atoms with Crippen LogP contribution in [-0.4, -0.2) is 34.5 Å². The van der Waals surface area contributed by atoms with Crippen molar-refractivity contribution < 1.29 is 24.2 Å². The van der Waals surface area contributed by atoms with Gasteiger partial charge in [-0.15, -0.1) is 11.3 Å². The van der Waals surface area contributed by atoms with Gasteiger partial charge in [-0.1, -0.05) is 24.8 Å². The molecule has 8 heteroatoms. The number of hydrogen-bond acceptors (Lipinski definition) is 7. The van der Waals surface area contributed by atoms with Crippen LogP contribution in [0.1, 0.15) is 29.7 Å². The highest BCUT2D eigenvalue weighted by Crippen LogP contribution is 2.43. The van der Waals surface area contributed by atoms with E-state index in [1.165, 1.54) is 16.2 Å². The minimum Gasteiger partial charge on any atom is -0.507 e. The quantitative estimate of drug-likeness (QED) is 0.242. The van der Waals surface area contributed by atoms with Gasteiger partial charge in [0.15, 0.2) is 5.13 Å². The van der Waals surface area contributed by atoms with E-state index >= 15 is 0 Å². The van der Waals surface area contributed by atoms with E-state index in [1.54, 1.807) is 54.1 Å². The first-order valence-electron chi connectivity index (χ1n) is 10.8. The molecule has 1 saturated heterocycles. The van der Waals surface area contributed by atoms with Gasteiger partial charge in [0.25, 0.3) is 5.78 Å². The van der Waals surface area contributed by atoms with Gasteiger partial charge in [0, 0.05) is 23.6 Å². The summed E-state index contributed by atoms with van der Waals surface area (Å²) in [5.74, 6) is -0.320. The Morgan fingerprint density at radius 3 is 2.79 bits per heavy atom. The normalized spacial score (nSPS) is 20.8. The Bertz CT molecular complexity index is 1300. The van der Waals surface area contributed by atoms with Crippen LogP contribution in [0, 0.1) is 0 Å². The van der Waals surface area contributed by atoms with E-state index in [-0.39, 0.29) is 17.4 Å². The van der Waals surface area contributed by atoms with E-state index in [1.807, 2.05) is 13.0 Å². The van der Waals surface area contributed by atoms with Crippen LogP contribution in [-0.2, 0) is 16.0 Å². The molecule has 2 atom stereocenters. The summed E-state index contributed by atoms with van der Waals surface area (Å²) in [7, 11) is 0. The van der Waals surface area contributed by atoms with Crippen LogP contribution < -0.4 is 14.4 Å². The van der Waals surface area contributed by atoms with E-state index in [0.717, 1.165) is 11.3 Å². The Balaban J connectivity index is 1.62. The molecule has 2 aliphatic heterocycles. The fourth-order valence-electron chi connectivity index (χ4n) is 4.31. The summed E-state index contributed by atoms with van der Waals surface area (Å²) in [4.78, 5) is 31.9. The molecule has 0 radical (unpaired) electrons. The van der Waals surface area contributed by atoms with Crippen LogP contribution in [0.4, 0.5) is 5.13 Å². The van der Waals surface area contributed by atoms with E-state index in [9.17, 15) is 14.7 Å². The Labute approximate surface area is 200 Å². The zero-order chi connectivity index (χ0) is 23.8. The minimum atomic E-state index is -0.831. The van der Waals surface area contributed by atoms with Crippen LogP contribution in [0.5, 0.6) is 11.5 Å². The number of aliphatic hydroxyl groups is 1. The molecule has 0 bridgehead atoms. The fourth-order valence-corrected chi connectivity index (χ4v) is 4.97. The molecule has 172 valence electrons. The molecule has 2 aromatic carbocycles. The molecule has 5 rings (SSSR count). The number of ketones is 1. The molecule has 3 heterocycles. The van der Waals surface area contributed by atoms with Gasteiger partial charge in [-0.2, -0.15) is 0 Å². The van der Waals surface area contributed by atoms with Gasteiger partial charge < -0.3 is 14.6 Å². The zero-order valence-electron chi connectivity index (χ0n) is 18.4. The average Bonchev–Trinajstić information content (AvgIpc) is 3.55. The van der Waals surface area contributed by atoms with Gasteiger partial charge in [-0.3, -0.25) is 14.5 Å². The van der Waals surface area contributed by atoms with E-state index in [2.05, 4.69) is 11.6 Å². The van der Waals surface area contributed by atoms with Gasteiger partial charge >= 0.3 is 5.91 Å². The summed E-state index contributed by atoms with van der Waals surface area (Å²) in [5, 5.41) is 13.4. The molecule has 34 heavy (non-hydrogen) atoms. The first-order valence-corrected chi connectivity index (χ1v) is 11.7. The number of carbonyl (C=O) groups excluding carboxylic acids is 2. The van der Waals surface area contributed by atoms with Crippen molar-refractivity contribution >= 4 is 33.9 Å². The standard InChI is InChI=1S/C26H22N2O5S/c1-3-11-32-19-7-4-16(5-8-19)22-21(24(30)25(31)28(22)26-27-10-12-34-26)23(29)17-6-9-20-18(14-17)13-15(2)33-20/h3-10,12,14-15,22,29H,1,11,13H2,2H3. The second-order valence-corrected chi connectivity index (χ2v) is 8.98. The van der Waals surface area contributed by atoms with Crippen molar-refractivity contribution in [3.8, 4) is 11.5 Å². The molecule has 1 aromatic heterocycles. The Kier molecular flexibility index (Phi) is 5.67. The number of benzene rings is 2. The van der Waals surface area contributed by atoms with Gasteiger partial charge in [-0.25, -0.2) is 4.98 Å². The molecule has 3 aromatic rings. The molecule has 7 nitrogen and oxygen atoms in total. The van der Waals surface area contributed by atoms with Gasteiger partial charge in [-0.05, 0) is 48.4 Å². The highest BCUT2D eigenvalue weighted by atomic mass is 32.1. The summed E-state index contributed by atoms with van der Waals surface area (Å²) in [6, 6.07) is 11.5. The number of anilines is 1. The minimum absolute atomic E-state index is 0.0203. The van der Waals surface area contributed by atoms with Crippen molar-refractivity contribution in [2.24, 2.45) is 0 Å². The third-order valence-electron chi connectivity index (χ3n) is 5.80. The summed E-state index contributed by atoms with van der Waals surface area (Å²) < 4.78 is 11.3. The number of aliphatic hydroxyl groups excluding tert-OH is 1. The lowest BCUT2D eigenvalue weighted by Gasteiger charge is -2.23. The van der Waals surface area contributed by atoms with Gasteiger partial charge in [0.05, 0.1) is 11.6 Å². The number of fused-ring (bicyclic) bond motifs is 1. The third-order valence-corrected chi connectivity index (χ3v) is 6.57. The van der Waals surface area contributed by atoms with Crippen LogP contribution in [0.15, 0.2) is 72.3 Å². The lowest BCUT2D eigenvalue weighted by atomic mass is 9.94. The number of aromatic nitrogens is 1. The molecule has 1 fully saturated rings.